The first kappa shape index (κ1) is 7.31. The third-order valence-electron chi connectivity index (χ3n) is 1.27. The van der Waals surface area contributed by atoms with Crippen molar-refractivity contribution in [3.63, 3.8) is 0 Å². The molecule has 0 bridgehead atoms. The molecule has 1 saturated heterocycles. The number of thioether (sulfide) groups is 1. The van der Waals surface area contributed by atoms with Gasteiger partial charge in [-0.2, -0.15) is 0 Å². The minimum absolute atomic E-state index is 0.156. The Labute approximate surface area is 64.0 Å². The van der Waals surface area contributed by atoms with Crippen LogP contribution in [0.2, 0.25) is 0 Å². The summed E-state index contributed by atoms with van der Waals surface area (Å²) in [4.78, 5) is 0. The molecule has 0 amide bonds. The van der Waals surface area contributed by atoms with E-state index in [4.69, 9.17) is 12.2 Å². The molecular formula is C5H9NOS2. The first-order chi connectivity index (χ1) is 4.02. The third-order valence-corrected chi connectivity index (χ3v) is 2.69. The molecule has 2 nitrogen and oxygen atoms in total. The van der Waals surface area contributed by atoms with Crippen LogP contribution in [-0.4, -0.2) is 20.4 Å². The molecule has 52 valence electrons. The van der Waals surface area contributed by atoms with E-state index in [-0.39, 0.29) is 4.75 Å². The SMILES string of the molecule is CC1(C)SC(=S)NC1O. The first-order valence-electron chi connectivity index (χ1n) is 2.70. The number of rotatable bonds is 0. The zero-order chi connectivity index (χ0) is 7.07. The molecule has 0 radical (unpaired) electrons. The number of aliphatic hydroxyl groups excluding tert-OH is 1. The van der Waals surface area contributed by atoms with Gasteiger partial charge in [-0.3, -0.25) is 0 Å². The Balaban J connectivity index is 2.69. The van der Waals surface area contributed by atoms with Crippen molar-refractivity contribution in [2.24, 2.45) is 0 Å². The predicted molar refractivity (Wildman–Crippen MR) is 43.4 cm³/mol. The Bertz CT molecular complexity index is 146. The molecule has 0 aromatic carbocycles. The second kappa shape index (κ2) is 2.11. The van der Waals surface area contributed by atoms with Gasteiger partial charge >= 0.3 is 0 Å². The second-order valence-corrected chi connectivity index (χ2v) is 4.87. The van der Waals surface area contributed by atoms with Gasteiger partial charge in [0.2, 0.25) is 0 Å². The summed E-state index contributed by atoms with van der Waals surface area (Å²) in [6.45, 7) is 3.91. The highest BCUT2D eigenvalue weighted by molar-refractivity contribution is 8.24. The number of hydrogen-bond acceptors (Lipinski definition) is 3. The largest absolute Gasteiger partial charge is 0.372 e. The van der Waals surface area contributed by atoms with Gasteiger partial charge in [0.1, 0.15) is 10.5 Å². The van der Waals surface area contributed by atoms with E-state index in [1.54, 1.807) is 0 Å². The van der Waals surface area contributed by atoms with Crippen LogP contribution in [0.4, 0.5) is 0 Å². The minimum atomic E-state index is -0.491. The van der Waals surface area contributed by atoms with Crippen LogP contribution >= 0.6 is 24.0 Å². The Morgan fingerprint density at radius 2 is 2.33 bits per heavy atom. The summed E-state index contributed by atoms with van der Waals surface area (Å²) in [5, 5.41) is 12.0. The van der Waals surface area contributed by atoms with E-state index in [0.717, 1.165) is 0 Å². The van der Waals surface area contributed by atoms with Crippen LogP contribution in [0.25, 0.3) is 0 Å². The van der Waals surface area contributed by atoms with Crippen molar-refractivity contribution in [1.82, 2.24) is 5.32 Å². The van der Waals surface area contributed by atoms with Crippen molar-refractivity contribution in [2.45, 2.75) is 24.8 Å². The lowest BCUT2D eigenvalue weighted by Crippen LogP contribution is -2.36. The molecule has 9 heavy (non-hydrogen) atoms. The number of aliphatic hydroxyl groups is 1. The van der Waals surface area contributed by atoms with Crippen LogP contribution in [0.1, 0.15) is 13.8 Å². The van der Waals surface area contributed by atoms with Gasteiger partial charge in [-0.25, -0.2) is 0 Å². The number of nitrogens with one attached hydrogen (secondary N) is 1. The molecule has 0 aromatic rings. The molecule has 1 atom stereocenters. The van der Waals surface area contributed by atoms with E-state index in [2.05, 4.69) is 5.32 Å². The van der Waals surface area contributed by atoms with Crippen LogP contribution in [0.5, 0.6) is 0 Å². The third kappa shape index (κ3) is 1.36. The zero-order valence-corrected chi connectivity index (χ0v) is 6.97. The average Bonchev–Trinajstić information content (AvgIpc) is 1.79. The molecule has 4 heteroatoms. The Morgan fingerprint density at radius 1 is 1.78 bits per heavy atom. The second-order valence-electron chi connectivity index (χ2n) is 2.54. The van der Waals surface area contributed by atoms with Crippen LogP contribution in [0.15, 0.2) is 0 Å². The molecule has 1 aliphatic rings. The smallest absolute Gasteiger partial charge is 0.140 e. The van der Waals surface area contributed by atoms with Crippen molar-refractivity contribution in [2.75, 3.05) is 0 Å². The van der Waals surface area contributed by atoms with Gasteiger partial charge in [-0.1, -0.05) is 24.0 Å². The average molecular weight is 163 g/mol. The van der Waals surface area contributed by atoms with Gasteiger partial charge in [0.15, 0.2) is 0 Å². The van der Waals surface area contributed by atoms with Gasteiger partial charge < -0.3 is 10.4 Å². The van der Waals surface area contributed by atoms with E-state index in [0.29, 0.717) is 4.32 Å². The standard InChI is InChI=1S/C5H9NOS2/c1-5(2)3(7)6-4(8)9-5/h3,7H,1-2H3,(H,6,8). The number of thiocarbonyl (C=S) groups is 1. The summed E-state index contributed by atoms with van der Waals surface area (Å²) in [5.74, 6) is 0. The topological polar surface area (TPSA) is 32.3 Å². The van der Waals surface area contributed by atoms with Gasteiger partial charge in [0.05, 0.1) is 4.75 Å². The van der Waals surface area contributed by atoms with Gasteiger partial charge in [-0.05, 0) is 13.8 Å². The van der Waals surface area contributed by atoms with E-state index in [1.165, 1.54) is 11.8 Å². The van der Waals surface area contributed by atoms with E-state index >= 15 is 0 Å². The Morgan fingerprint density at radius 3 is 2.44 bits per heavy atom. The maximum absolute atomic E-state index is 9.21. The van der Waals surface area contributed by atoms with E-state index in [1.807, 2.05) is 13.8 Å². The maximum atomic E-state index is 9.21. The molecular weight excluding hydrogens is 154 g/mol. The zero-order valence-electron chi connectivity index (χ0n) is 5.34. The molecule has 1 rings (SSSR count). The van der Waals surface area contributed by atoms with Crippen molar-refractivity contribution in [3.8, 4) is 0 Å². The number of hydrogen-bond donors (Lipinski definition) is 2. The Kier molecular flexibility index (Phi) is 1.71. The van der Waals surface area contributed by atoms with E-state index < -0.39 is 6.23 Å². The van der Waals surface area contributed by atoms with Gasteiger partial charge in [0, 0.05) is 0 Å². The molecule has 0 aromatic heterocycles. The van der Waals surface area contributed by atoms with Crippen LogP contribution < -0.4 is 5.32 Å². The first-order valence-corrected chi connectivity index (χ1v) is 3.92. The Hall–Kier alpha value is 0.200. The van der Waals surface area contributed by atoms with Gasteiger partial charge in [-0.15, -0.1) is 0 Å². The molecule has 1 unspecified atom stereocenters. The normalized spacial score (nSPS) is 32.3. The van der Waals surface area contributed by atoms with Crippen molar-refractivity contribution in [3.05, 3.63) is 0 Å². The van der Waals surface area contributed by atoms with E-state index in [9.17, 15) is 5.11 Å². The molecule has 2 N–H and O–H groups in total. The summed E-state index contributed by atoms with van der Waals surface area (Å²) >= 11 is 6.34. The summed E-state index contributed by atoms with van der Waals surface area (Å²) in [6.07, 6.45) is -0.491. The molecule has 1 heterocycles. The molecule has 1 aliphatic heterocycles. The van der Waals surface area contributed by atoms with Crippen LogP contribution in [-0.2, 0) is 0 Å². The lowest BCUT2D eigenvalue weighted by molar-refractivity contribution is 0.135. The summed E-state index contributed by atoms with van der Waals surface area (Å²) in [6, 6.07) is 0. The predicted octanol–water partition coefficient (Wildman–Crippen LogP) is 0.705. The lowest BCUT2D eigenvalue weighted by Gasteiger charge is -2.18. The fourth-order valence-electron chi connectivity index (χ4n) is 0.610. The lowest BCUT2D eigenvalue weighted by atomic mass is 10.2. The summed E-state index contributed by atoms with van der Waals surface area (Å²) in [7, 11) is 0. The minimum Gasteiger partial charge on any atom is -0.372 e. The quantitative estimate of drug-likeness (QED) is 0.515. The molecule has 0 saturated carbocycles. The van der Waals surface area contributed by atoms with Crippen LogP contribution in [0, 0.1) is 0 Å². The van der Waals surface area contributed by atoms with Crippen LogP contribution in [0.3, 0.4) is 0 Å². The summed E-state index contributed by atoms with van der Waals surface area (Å²) < 4.78 is 0.532. The molecule has 0 aliphatic carbocycles. The highest BCUT2D eigenvalue weighted by atomic mass is 32.2. The van der Waals surface area contributed by atoms with Crippen molar-refractivity contribution < 1.29 is 5.11 Å². The highest BCUT2D eigenvalue weighted by Gasteiger charge is 2.36. The molecule has 0 spiro atoms. The summed E-state index contributed by atoms with van der Waals surface area (Å²) in [5.41, 5.74) is 0. The monoisotopic (exact) mass is 163 g/mol. The maximum Gasteiger partial charge on any atom is 0.140 e. The van der Waals surface area contributed by atoms with Crippen molar-refractivity contribution in [1.29, 1.82) is 0 Å². The molecule has 1 fully saturated rings. The van der Waals surface area contributed by atoms with Crippen molar-refractivity contribution >= 4 is 28.3 Å². The fourth-order valence-corrected chi connectivity index (χ4v) is 2.18. The highest BCUT2D eigenvalue weighted by Crippen LogP contribution is 2.33. The van der Waals surface area contributed by atoms with Gasteiger partial charge in [0.25, 0.3) is 0 Å². The fraction of sp³-hybridized carbons (Fsp3) is 0.800.